The highest BCUT2D eigenvalue weighted by atomic mass is 32.1. The second-order valence-corrected chi connectivity index (χ2v) is 5.74. The van der Waals surface area contributed by atoms with Gasteiger partial charge in [0.2, 0.25) is 0 Å². The normalized spacial score (nSPS) is 16.6. The summed E-state index contributed by atoms with van der Waals surface area (Å²) < 4.78 is 0. The van der Waals surface area contributed by atoms with Crippen LogP contribution in [-0.2, 0) is 4.84 Å². The highest BCUT2D eigenvalue weighted by molar-refractivity contribution is 7.12. The first kappa shape index (κ1) is 11.6. The minimum Gasteiger partial charge on any atom is -0.270 e. The highest BCUT2D eigenvalue weighted by Gasteiger charge is 2.18. The number of rotatable bonds is 3. The summed E-state index contributed by atoms with van der Waals surface area (Å²) in [6, 6.07) is 1.91. The van der Waals surface area contributed by atoms with Gasteiger partial charge in [-0.25, -0.2) is 5.48 Å². The van der Waals surface area contributed by atoms with Crippen LogP contribution in [0.25, 0.3) is 0 Å². The number of hydrogen-bond acceptors (Lipinski definition) is 3. The van der Waals surface area contributed by atoms with Gasteiger partial charge in [0.1, 0.15) is 0 Å². The number of hydroxylamine groups is 1. The molecule has 0 aromatic carbocycles. The van der Waals surface area contributed by atoms with Crippen molar-refractivity contribution >= 4 is 17.2 Å². The molecule has 88 valence electrons. The molecule has 1 aromatic heterocycles. The molecular formula is C12H17NO2S. The van der Waals surface area contributed by atoms with Crippen LogP contribution in [0.15, 0.2) is 6.07 Å². The van der Waals surface area contributed by atoms with Crippen LogP contribution in [0.4, 0.5) is 0 Å². The maximum atomic E-state index is 11.8. The molecule has 0 aliphatic heterocycles. The van der Waals surface area contributed by atoms with Crippen molar-refractivity contribution in [2.75, 3.05) is 0 Å². The van der Waals surface area contributed by atoms with Crippen LogP contribution in [0.1, 0.15) is 45.8 Å². The van der Waals surface area contributed by atoms with E-state index in [9.17, 15) is 4.79 Å². The Labute approximate surface area is 99.8 Å². The van der Waals surface area contributed by atoms with Crippen molar-refractivity contribution in [3.05, 3.63) is 21.4 Å². The third-order valence-corrected chi connectivity index (χ3v) is 3.87. The average molecular weight is 239 g/mol. The zero-order valence-corrected chi connectivity index (χ0v) is 10.5. The van der Waals surface area contributed by atoms with Gasteiger partial charge in [-0.1, -0.05) is 12.8 Å². The number of hydrogen-bond donors (Lipinski definition) is 1. The van der Waals surface area contributed by atoms with Gasteiger partial charge < -0.3 is 0 Å². The zero-order chi connectivity index (χ0) is 11.5. The Morgan fingerprint density at radius 2 is 2.12 bits per heavy atom. The molecule has 0 atom stereocenters. The van der Waals surface area contributed by atoms with E-state index in [4.69, 9.17) is 4.84 Å². The fraction of sp³-hybridized carbons (Fsp3) is 0.583. The smallest absolute Gasteiger partial charge is 0.270 e. The van der Waals surface area contributed by atoms with Crippen molar-refractivity contribution in [1.82, 2.24) is 5.48 Å². The molecular weight excluding hydrogens is 222 g/mol. The van der Waals surface area contributed by atoms with Crippen molar-refractivity contribution in [2.45, 2.75) is 45.6 Å². The first-order valence-electron chi connectivity index (χ1n) is 5.70. The molecule has 1 heterocycles. The van der Waals surface area contributed by atoms with Gasteiger partial charge in [0.25, 0.3) is 5.91 Å². The van der Waals surface area contributed by atoms with E-state index < -0.39 is 0 Å². The van der Waals surface area contributed by atoms with E-state index in [-0.39, 0.29) is 12.0 Å². The molecule has 0 spiro atoms. The van der Waals surface area contributed by atoms with Crippen LogP contribution in [0.3, 0.4) is 0 Å². The largest absolute Gasteiger partial charge is 0.275 e. The van der Waals surface area contributed by atoms with E-state index >= 15 is 0 Å². The van der Waals surface area contributed by atoms with E-state index in [1.54, 1.807) is 11.3 Å². The summed E-state index contributed by atoms with van der Waals surface area (Å²) in [5, 5.41) is 0. The fourth-order valence-corrected chi connectivity index (χ4v) is 2.98. The molecule has 1 fully saturated rings. The maximum Gasteiger partial charge on any atom is 0.275 e. The lowest BCUT2D eigenvalue weighted by Gasteiger charge is -2.10. The monoisotopic (exact) mass is 239 g/mol. The predicted molar refractivity (Wildman–Crippen MR) is 64.6 cm³/mol. The number of nitrogens with one attached hydrogen (secondary N) is 1. The topological polar surface area (TPSA) is 38.3 Å². The van der Waals surface area contributed by atoms with Crippen molar-refractivity contribution < 1.29 is 9.63 Å². The summed E-state index contributed by atoms with van der Waals surface area (Å²) in [4.78, 5) is 19.4. The summed E-state index contributed by atoms with van der Waals surface area (Å²) in [7, 11) is 0. The van der Waals surface area contributed by atoms with E-state index in [2.05, 4.69) is 5.48 Å². The molecule has 2 rings (SSSR count). The molecule has 4 heteroatoms. The van der Waals surface area contributed by atoms with Gasteiger partial charge in [0, 0.05) is 9.75 Å². The van der Waals surface area contributed by atoms with Crippen molar-refractivity contribution in [3.63, 3.8) is 0 Å². The van der Waals surface area contributed by atoms with Gasteiger partial charge in [0.05, 0.1) is 11.7 Å². The zero-order valence-electron chi connectivity index (χ0n) is 9.71. The number of carbonyl (C=O) groups is 1. The van der Waals surface area contributed by atoms with Crippen LogP contribution in [-0.4, -0.2) is 12.0 Å². The second kappa shape index (κ2) is 4.97. The Hall–Kier alpha value is -0.870. The average Bonchev–Trinajstić information content (AvgIpc) is 2.84. The lowest BCUT2D eigenvalue weighted by atomic mass is 10.2. The van der Waals surface area contributed by atoms with Crippen LogP contribution in [0, 0.1) is 13.8 Å². The maximum absolute atomic E-state index is 11.8. The molecule has 1 aliphatic carbocycles. The number of carbonyl (C=O) groups excluding carboxylic acids is 1. The van der Waals surface area contributed by atoms with Crippen molar-refractivity contribution in [1.29, 1.82) is 0 Å². The third-order valence-electron chi connectivity index (χ3n) is 2.91. The molecule has 1 aliphatic rings. The first-order valence-corrected chi connectivity index (χ1v) is 6.51. The molecule has 0 radical (unpaired) electrons. The molecule has 3 nitrogen and oxygen atoms in total. The number of amides is 1. The Morgan fingerprint density at radius 3 is 2.69 bits per heavy atom. The minimum absolute atomic E-state index is 0.117. The highest BCUT2D eigenvalue weighted by Crippen LogP contribution is 2.22. The van der Waals surface area contributed by atoms with Crippen LogP contribution >= 0.6 is 11.3 Å². The van der Waals surface area contributed by atoms with Crippen LogP contribution in [0.2, 0.25) is 0 Å². The lowest BCUT2D eigenvalue weighted by Crippen LogP contribution is -2.28. The third kappa shape index (κ3) is 2.62. The van der Waals surface area contributed by atoms with Gasteiger partial charge in [-0.2, -0.15) is 0 Å². The number of thiophene rings is 1. The summed E-state index contributed by atoms with van der Waals surface area (Å²) in [6.07, 6.45) is 4.74. The molecule has 16 heavy (non-hydrogen) atoms. The summed E-state index contributed by atoms with van der Waals surface area (Å²) in [6.45, 7) is 3.97. The lowest BCUT2D eigenvalue weighted by molar-refractivity contribution is -0.0125. The Kier molecular flexibility index (Phi) is 3.61. The van der Waals surface area contributed by atoms with Gasteiger partial charge in [-0.15, -0.1) is 11.3 Å². The Balaban J connectivity index is 1.90. The van der Waals surface area contributed by atoms with Gasteiger partial charge >= 0.3 is 0 Å². The SMILES string of the molecule is Cc1cc(C(=O)NOC2CCCC2)c(C)s1. The molecule has 1 saturated carbocycles. The molecule has 0 unspecified atom stereocenters. The summed E-state index contributed by atoms with van der Waals surface area (Å²) >= 11 is 1.64. The standard InChI is InChI=1S/C12H17NO2S/c1-8-7-11(9(2)16-8)12(14)13-15-10-5-3-4-6-10/h7,10H,3-6H2,1-2H3,(H,13,14). The molecule has 0 saturated heterocycles. The summed E-state index contributed by atoms with van der Waals surface area (Å²) in [5.74, 6) is -0.117. The van der Waals surface area contributed by atoms with Crippen molar-refractivity contribution in [2.24, 2.45) is 0 Å². The van der Waals surface area contributed by atoms with E-state index in [1.807, 2.05) is 19.9 Å². The quantitative estimate of drug-likeness (QED) is 0.823. The second-order valence-electron chi connectivity index (χ2n) is 4.28. The van der Waals surface area contributed by atoms with Gasteiger partial charge in [-0.3, -0.25) is 9.63 Å². The molecule has 0 bridgehead atoms. The molecule has 1 amide bonds. The Bertz CT molecular complexity index is 380. The molecule has 1 aromatic rings. The van der Waals surface area contributed by atoms with Gasteiger partial charge in [-0.05, 0) is 32.8 Å². The number of aryl methyl sites for hydroxylation is 2. The summed E-state index contributed by atoms with van der Waals surface area (Å²) in [5.41, 5.74) is 3.30. The van der Waals surface area contributed by atoms with Crippen molar-refractivity contribution in [3.8, 4) is 0 Å². The Morgan fingerprint density at radius 1 is 1.44 bits per heavy atom. The predicted octanol–water partition coefficient (Wildman–Crippen LogP) is 2.97. The van der Waals surface area contributed by atoms with E-state index in [1.165, 1.54) is 12.8 Å². The minimum atomic E-state index is -0.117. The van der Waals surface area contributed by atoms with E-state index in [0.29, 0.717) is 0 Å². The van der Waals surface area contributed by atoms with Crippen LogP contribution in [0.5, 0.6) is 0 Å². The molecule has 1 N–H and O–H groups in total. The van der Waals surface area contributed by atoms with Gasteiger partial charge in [0.15, 0.2) is 0 Å². The van der Waals surface area contributed by atoms with Crippen LogP contribution < -0.4 is 5.48 Å². The first-order chi connectivity index (χ1) is 7.66. The van der Waals surface area contributed by atoms with E-state index in [0.717, 1.165) is 28.2 Å². The fourth-order valence-electron chi connectivity index (χ4n) is 2.05.